The molecule has 0 fully saturated rings. The number of hydrogen-bond donors (Lipinski definition) is 0. The van der Waals surface area contributed by atoms with Gasteiger partial charge in [0.25, 0.3) is 0 Å². The number of rotatable bonds is 6. The molecule has 2 heterocycles. The van der Waals surface area contributed by atoms with Crippen molar-refractivity contribution in [3.63, 3.8) is 0 Å². The van der Waals surface area contributed by atoms with Crippen molar-refractivity contribution in [3.05, 3.63) is 51.2 Å². The standard InChI is InChI=1S/C18H21N5OS2/c1-12-8-9-25-15(12)10-22(4)16(24)11-26-18-19-20-21-23(18)17-13(2)6-5-7-14(17)3/h5-9H,10-11H2,1-4H3. The molecule has 136 valence electrons. The Labute approximate surface area is 161 Å². The van der Waals surface area contributed by atoms with Gasteiger partial charge in [-0.1, -0.05) is 30.0 Å². The van der Waals surface area contributed by atoms with Gasteiger partial charge in [0.15, 0.2) is 0 Å². The second-order valence-corrected chi connectivity index (χ2v) is 8.12. The quantitative estimate of drug-likeness (QED) is 0.607. The Morgan fingerprint density at radius 1 is 1.19 bits per heavy atom. The molecule has 0 radical (unpaired) electrons. The first kappa shape index (κ1) is 18.6. The van der Waals surface area contributed by atoms with Gasteiger partial charge in [-0.3, -0.25) is 4.79 Å². The van der Waals surface area contributed by atoms with E-state index in [0.29, 0.717) is 17.5 Å². The molecular formula is C18H21N5OS2. The Bertz CT molecular complexity index is 898. The van der Waals surface area contributed by atoms with Crippen molar-refractivity contribution in [2.45, 2.75) is 32.5 Å². The lowest BCUT2D eigenvalue weighted by Gasteiger charge is -2.16. The predicted octanol–water partition coefficient (Wildman–Crippen LogP) is 3.40. The van der Waals surface area contributed by atoms with Gasteiger partial charge in [0.2, 0.25) is 11.1 Å². The van der Waals surface area contributed by atoms with Gasteiger partial charge in [0.1, 0.15) is 0 Å². The van der Waals surface area contributed by atoms with E-state index >= 15 is 0 Å². The molecule has 26 heavy (non-hydrogen) atoms. The maximum Gasteiger partial charge on any atom is 0.233 e. The van der Waals surface area contributed by atoms with Crippen molar-refractivity contribution in [1.82, 2.24) is 25.1 Å². The predicted molar refractivity (Wildman–Crippen MR) is 105 cm³/mol. The summed E-state index contributed by atoms with van der Waals surface area (Å²) in [5.41, 5.74) is 4.38. The first-order valence-electron chi connectivity index (χ1n) is 8.22. The van der Waals surface area contributed by atoms with Gasteiger partial charge in [-0.05, 0) is 59.3 Å². The van der Waals surface area contributed by atoms with Crippen LogP contribution in [0.25, 0.3) is 5.69 Å². The van der Waals surface area contributed by atoms with Gasteiger partial charge in [-0.15, -0.1) is 16.4 Å². The summed E-state index contributed by atoms with van der Waals surface area (Å²) in [6.45, 7) is 6.75. The normalized spacial score (nSPS) is 10.9. The van der Waals surface area contributed by atoms with Crippen LogP contribution in [-0.4, -0.2) is 43.8 Å². The molecule has 0 aliphatic rings. The second kappa shape index (κ2) is 8.01. The lowest BCUT2D eigenvalue weighted by molar-refractivity contribution is -0.127. The Kier molecular flexibility index (Phi) is 5.73. The summed E-state index contributed by atoms with van der Waals surface area (Å²) < 4.78 is 1.71. The summed E-state index contributed by atoms with van der Waals surface area (Å²) in [7, 11) is 1.83. The van der Waals surface area contributed by atoms with Crippen LogP contribution in [-0.2, 0) is 11.3 Å². The number of benzene rings is 1. The van der Waals surface area contributed by atoms with E-state index in [1.165, 1.54) is 22.2 Å². The minimum atomic E-state index is 0.0545. The molecule has 2 aromatic heterocycles. The Balaban J connectivity index is 1.68. The van der Waals surface area contributed by atoms with Crippen molar-refractivity contribution < 1.29 is 4.79 Å². The van der Waals surface area contributed by atoms with E-state index in [0.717, 1.165) is 16.8 Å². The van der Waals surface area contributed by atoms with Crippen LogP contribution in [0.2, 0.25) is 0 Å². The SMILES string of the molecule is Cc1ccsc1CN(C)C(=O)CSc1nnnn1-c1c(C)cccc1C. The molecule has 0 N–H and O–H groups in total. The van der Waals surface area contributed by atoms with Crippen molar-refractivity contribution in [2.75, 3.05) is 12.8 Å². The summed E-state index contributed by atoms with van der Waals surface area (Å²) in [6.07, 6.45) is 0. The molecule has 0 spiro atoms. The van der Waals surface area contributed by atoms with Crippen LogP contribution in [0.5, 0.6) is 0 Å². The molecule has 0 atom stereocenters. The number of nitrogens with zero attached hydrogens (tertiary/aromatic N) is 5. The minimum Gasteiger partial charge on any atom is -0.340 e. The first-order valence-corrected chi connectivity index (χ1v) is 10.1. The third-order valence-electron chi connectivity index (χ3n) is 4.19. The fourth-order valence-electron chi connectivity index (χ4n) is 2.66. The summed E-state index contributed by atoms with van der Waals surface area (Å²) in [4.78, 5) is 15.5. The van der Waals surface area contributed by atoms with Gasteiger partial charge in [-0.2, -0.15) is 4.68 Å². The van der Waals surface area contributed by atoms with Crippen molar-refractivity contribution >= 4 is 29.0 Å². The van der Waals surface area contributed by atoms with Gasteiger partial charge < -0.3 is 4.90 Å². The molecule has 1 amide bonds. The van der Waals surface area contributed by atoms with Gasteiger partial charge in [-0.25, -0.2) is 0 Å². The third kappa shape index (κ3) is 3.96. The van der Waals surface area contributed by atoms with Crippen molar-refractivity contribution in [2.24, 2.45) is 0 Å². The molecule has 3 rings (SSSR count). The summed E-state index contributed by atoms with van der Waals surface area (Å²) in [6, 6.07) is 8.14. The van der Waals surface area contributed by atoms with E-state index in [1.54, 1.807) is 20.9 Å². The van der Waals surface area contributed by atoms with Crippen molar-refractivity contribution in [1.29, 1.82) is 0 Å². The number of aromatic nitrogens is 4. The lowest BCUT2D eigenvalue weighted by atomic mass is 10.1. The van der Waals surface area contributed by atoms with E-state index in [4.69, 9.17) is 0 Å². The number of carbonyl (C=O) groups excluding carboxylic acids is 1. The van der Waals surface area contributed by atoms with E-state index in [9.17, 15) is 4.79 Å². The molecule has 0 unspecified atom stereocenters. The molecule has 8 heteroatoms. The van der Waals surface area contributed by atoms with Crippen LogP contribution in [0.15, 0.2) is 34.8 Å². The van der Waals surface area contributed by atoms with Gasteiger partial charge >= 0.3 is 0 Å². The Morgan fingerprint density at radius 2 is 1.92 bits per heavy atom. The average Bonchev–Trinajstić information content (AvgIpc) is 3.22. The number of hydrogen-bond acceptors (Lipinski definition) is 6. The molecule has 0 saturated heterocycles. The molecule has 0 aliphatic carbocycles. The summed E-state index contributed by atoms with van der Waals surface area (Å²) in [5.74, 6) is 0.352. The number of aryl methyl sites for hydroxylation is 3. The average molecular weight is 388 g/mol. The molecule has 0 aliphatic heterocycles. The molecule has 0 saturated carbocycles. The molecule has 1 aromatic carbocycles. The number of thiophene rings is 1. The Hall–Kier alpha value is -2.19. The van der Waals surface area contributed by atoms with E-state index in [1.807, 2.05) is 39.1 Å². The lowest BCUT2D eigenvalue weighted by Crippen LogP contribution is -2.27. The van der Waals surface area contributed by atoms with Gasteiger partial charge in [0, 0.05) is 11.9 Å². The zero-order chi connectivity index (χ0) is 18.7. The zero-order valence-electron chi connectivity index (χ0n) is 15.3. The smallest absolute Gasteiger partial charge is 0.233 e. The maximum absolute atomic E-state index is 12.5. The van der Waals surface area contributed by atoms with E-state index in [2.05, 4.69) is 33.9 Å². The highest BCUT2D eigenvalue weighted by atomic mass is 32.2. The Morgan fingerprint density at radius 3 is 2.58 bits per heavy atom. The highest BCUT2D eigenvalue weighted by Crippen LogP contribution is 2.24. The van der Waals surface area contributed by atoms with Crippen LogP contribution in [0.1, 0.15) is 21.6 Å². The van der Waals surface area contributed by atoms with E-state index in [-0.39, 0.29) is 5.91 Å². The summed E-state index contributed by atoms with van der Waals surface area (Å²) >= 11 is 3.04. The van der Waals surface area contributed by atoms with Crippen molar-refractivity contribution in [3.8, 4) is 5.69 Å². The largest absolute Gasteiger partial charge is 0.340 e. The topological polar surface area (TPSA) is 63.9 Å². The number of thioether (sulfide) groups is 1. The molecule has 3 aromatic rings. The number of carbonyl (C=O) groups is 1. The second-order valence-electron chi connectivity index (χ2n) is 6.18. The highest BCUT2D eigenvalue weighted by Gasteiger charge is 2.17. The maximum atomic E-state index is 12.5. The molecule has 0 bridgehead atoms. The zero-order valence-corrected chi connectivity index (χ0v) is 16.9. The van der Waals surface area contributed by atoms with Crippen LogP contribution < -0.4 is 0 Å². The third-order valence-corrected chi connectivity index (χ3v) is 6.10. The fourth-order valence-corrected chi connectivity index (χ4v) is 4.43. The van der Waals surface area contributed by atoms with Gasteiger partial charge in [0.05, 0.1) is 18.0 Å². The molecule has 6 nitrogen and oxygen atoms in total. The number of para-hydroxylation sites is 1. The molecular weight excluding hydrogens is 366 g/mol. The number of amides is 1. The fraction of sp³-hybridized carbons (Fsp3) is 0.333. The first-order chi connectivity index (χ1) is 12.5. The van der Waals surface area contributed by atoms with Crippen LogP contribution in [0.3, 0.4) is 0 Å². The monoisotopic (exact) mass is 387 g/mol. The highest BCUT2D eigenvalue weighted by molar-refractivity contribution is 7.99. The minimum absolute atomic E-state index is 0.0545. The van der Waals surface area contributed by atoms with Crippen LogP contribution >= 0.6 is 23.1 Å². The number of tetrazole rings is 1. The van der Waals surface area contributed by atoms with Crippen LogP contribution in [0.4, 0.5) is 0 Å². The van der Waals surface area contributed by atoms with Crippen LogP contribution in [0, 0.1) is 20.8 Å². The van der Waals surface area contributed by atoms with E-state index < -0.39 is 0 Å². The summed E-state index contributed by atoms with van der Waals surface area (Å²) in [5, 5.41) is 14.7.